The average molecular weight is 407 g/mol. The van der Waals surface area contributed by atoms with Crippen LogP contribution in [0.5, 0.6) is 5.75 Å². The number of hydrogen-bond donors (Lipinski definition) is 1. The van der Waals surface area contributed by atoms with Crippen LogP contribution < -0.4 is 10.1 Å². The maximum absolute atomic E-state index is 12.4. The van der Waals surface area contributed by atoms with Crippen molar-refractivity contribution in [2.24, 2.45) is 0 Å². The largest absolute Gasteiger partial charge is 0.497 e. The lowest BCUT2D eigenvalue weighted by molar-refractivity contribution is -0.122. The molecule has 3 rings (SSSR count). The van der Waals surface area contributed by atoms with Gasteiger partial charge in [-0.15, -0.1) is 0 Å². The van der Waals surface area contributed by atoms with Crippen molar-refractivity contribution >= 4 is 5.91 Å². The van der Waals surface area contributed by atoms with Crippen LogP contribution in [0.15, 0.2) is 54.6 Å². The molecule has 1 N–H and O–H groups in total. The van der Waals surface area contributed by atoms with Gasteiger partial charge in [0.15, 0.2) is 0 Å². The second-order valence-corrected chi connectivity index (χ2v) is 7.59. The molecule has 1 aromatic heterocycles. The van der Waals surface area contributed by atoms with Crippen molar-refractivity contribution in [2.75, 3.05) is 20.7 Å². The van der Waals surface area contributed by atoms with Crippen LogP contribution in [-0.4, -0.2) is 41.3 Å². The lowest BCUT2D eigenvalue weighted by Gasteiger charge is -2.16. The first-order valence-electron chi connectivity index (χ1n) is 10.1. The van der Waals surface area contributed by atoms with E-state index in [0.29, 0.717) is 19.6 Å². The van der Waals surface area contributed by atoms with E-state index < -0.39 is 0 Å². The van der Waals surface area contributed by atoms with E-state index in [0.717, 1.165) is 34.8 Å². The molecule has 0 bridgehead atoms. The van der Waals surface area contributed by atoms with E-state index in [1.54, 1.807) is 7.11 Å². The van der Waals surface area contributed by atoms with Crippen LogP contribution in [0.3, 0.4) is 0 Å². The van der Waals surface area contributed by atoms with Gasteiger partial charge in [0.25, 0.3) is 0 Å². The maximum Gasteiger partial charge on any atom is 0.234 e. The molecular weight excluding hydrogens is 376 g/mol. The van der Waals surface area contributed by atoms with Crippen LogP contribution in [0, 0.1) is 13.8 Å². The number of methoxy groups -OCH3 is 1. The minimum absolute atomic E-state index is 0.000575. The van der Waals surface area contributed by atoms with Gasteiger partial charge in [-0.1, -0.05) is 42.5 Å². The summed E-state index contributed by atoms with van der Waals surface area (Å²) in [6.07, 6.45) is 0. The summed E-state index contributed by atoms with van der Waals surface area (Å²) in [7, 11) is 3.60. The first-order valence-corrected chi connectivity index (χ1v) is 10.1. The highest BCUT2D eigenvalue weighted by Crippen LogP contribution is 2.15. The molecule has 158 valence electrons. The van der Waals surface area contributed by atoms with Gasteiger partial charge in [-0.2, -0.15) is 5.10 Å². The van der Waals surface area contributed by atoms with Crippen molar-refractivity contribution in [3.63, 3.8) is 0 Å². The molecule has 0 aliphatic carbocycles. The van der Waals surface area contributed by atoms with Gasteiger partial charge in [-0.3, -0.25) is 14.4 Å². The topological polar surface area (TPSA) is 59.4 Å². The van der Waals surface area contributed by atoms with Crippen molar-refractivity contribution < 1.29 is 9.53 Å². The Morgan fingerprint density at radius 3 is 2.43 bits per heavy atom. The Morgan fingerprint density at radius 1 is 1.07 bits per heavy atom. The first kappa shape index (κ1) is 21.6. The first-order chi connectivity index (χ1) is 14.5. The average Bonchev–Trinajstić information content (AvgIpc) is 3.00. The highest BCUT2D eigenvalue weighted by atomic mass is 16.5. The number of carbonyl (C=O) groups is 1. The number of ether oxygens (including phenoxy) is 1. The van der Waals surface area contributed by atoms with Gasteiger partial charge >= 0.3 is 0 Å². The van der Waals surface area contributed by atoms with Crippen molar-refractivity contribution in [3.05, 3.63) is 82.7 Å². The van der Waals surface area contributed by atoms with Crippen LogP contribution in [0.4, 0.5) is 0 Å². The number of aromatic nitrogens is 2. The molecule has 3 aromatic rings. The van der Waals surface area contributed by atoms with Crippen LogP contribution >= 0.6 is 0 Å². The normalized spacial score (nSPS) is 11.0. The molecule has 1 heterocycles. The third-order valence-electron chi connectivity index (χ3n) is 5.19. The Labute approximate surface area is 178 Å². The van der Waals surface area contributed by atoms with Gasteiger partial charge < -0.3 is 10.1 Å². The number of hydrogen-bond acceptors (Lipinski definition) is 4. The minimum atomic E-state index is 0.000575. The van der Waals surface area contributed by atoms with Crippen molar-refractivity contribution in [1.29, 1.82) is 0 Å². The summed E-state index contributed by atoms with van der Waals surface area (Å²) in [6, 6.07) is 18.2. The summed E-state index contributed by atoms with van der Waals surface area (Å²) in [5.74, 6) is 0.832. The molecule has 0 radical (unpaired) electrons. The number of rotatable bonds is 9. The van der Waals surface area contributed by atoms with Gasteiger partial charge in [-0.25, -0.2) is 0 Å². The van der Waals surface area contributed by atoms with Gasteiger partial charge in [0.1, 0.15) is 5.75 Å². The number of aryl methyl sites for hydroxylation is 1. The molecule has 0 atom stereocenters. The Morgan fingerprint density at radius 2 is 1.77 bits per heavy atom. The molecule has 2 aromatic carbocycles. The predicted octanol–water partition coefficient (Wildman–Crippen LogP) is 3.31. The summed E-state index contributed by atoms with van der Waals surface area (Å²) in [5, 5.41) is 7.70. The summed E-state index contributed by atoms with van der Waals surface area (Å²) < 4.78 is 7.18. The molecule has 0 aliphatic heterocycles. The number of benzene rings is 2. The van der Waals surface area contributed by atoms with Gasteiger partial charge in [0.05, 0.1) is 25.9 Å². The van der Waals surface area contributed by atoms with Crippen molar-refractivity contribution in [1.82, 2.24) is 20.0 Å². The molecule has 0 fully saturated rings. The molecule has 1 amide bonds. The van der Waals surface area contributed by atoms with Gasteiger partial charge in [-0.05, 0) is 44.2 Å². The molecular formula is C24H30N4O2. The van der Waals surface area contributed by atoms with Crippen LogP contribution in [0.2, 0.25) is 0 Å². The summed E-state index contributed by atoms with van der Waals surface area (Å²) in [5.41, 5.74) is 5.47. The molecule has 6 heteroatoms. The molecule has 0 aliphatic rings. The zero-order valence-corrected chi connectivity index (χ0v) is 18.2. The molecule has 6 nitrogen and oxygen atoms in total. The van der Waals surface area contributed by atoms with Crippen LogP contribution in [0.1, 0.15) is 28.1 Å². The van der Waals surface area contributed by atoms with E-state index in [4.69, 9.17) is 4.74 Å². The van der Waals surface area contributed by atoms with Crippen LogP contribution in [-0.2, 0) is 24.4 Å². The molecule has 30 heavy (non-hydrogen) atoms. The smallest absolute Gasteiger partial charge is 0.234 e. The molecule has 0 saturated heterocycles. The number of amides is 1. The fourth-order valence-corrected chi connectivity index (χ4v) is 3.49. The third-order valence-corrected chi connectivity index (χ3v) is 5.19. The number of likely N-dealkylation sites (N-methyl/N-ethyl adjacent to an activating group) is 1. The van der Waals surface area contributed by atoms with E-state index in [2.05, 4.69) is 29.5 Å². The summed E-state index contributed by atoms with van der Waals surface area (Å²) in [6.45, 7) is 6.30. The van der Waals surface area contributed by atoms with E-state index >= 15 is 0 Å². The Bertz CT molecular complexity index is 965. The SMILES string of the molecule is COc1ccc(CN(C)CC(=O)NCc2c(C)nn(Cc3ccccc3)c2C)cc1. The Kier molecular flexibility index (Phi) is 7.25. The molecule has 0 spiro atoms. The van der Waals surface area contributed by atoms with Crippen molar-refractivity contribution in [2.45, 2.75) is 33.5 Å². The molecule has 0 unspecified atom stereocenters. The predicted molar refractivity (Wildman–Crippen MR) is 118 cm³/mol. The second kappa shape index (κ2) is 10.1. The van der Waals surface area contributed by atoms with Crippen molar-refractivity contribution in [3.8, 4) is 5.75 Å². The maximum atomic E-state index is 12.4. The lowest BCUT2D eigenvalue weighted by atomic mass is 10.2. The fourth-order valence-electron chi connectivity index (χ4n) is 3.49. The highest BCUT2D eigenvalue weighted by Gasteiger charge is 2.14. The zero-order valence-electron chi connectivity index (χ0n) is 18.2. The number of nitrogens with zero attached hydrogens (tertiary/aromatic N) is 3. The minimum Gasteiger partial charge on any atom is -0.497 e. The number of carbonyl (C=O) groups excluding carboxylic acids is 1. The van der Waals surface area contributed by atoms with E-state index in [1.165, 1.54) is 5.56 Å². The second-order valence-electron chi connectivity index (χ2n) is 7.59. The summed E-state index contributed by atoms with van der Waals surface area (Å²) in [4.78, 5) is 14.4. The van der Waals surface area contributed by atoms with Crippen LogP contribution in [0.25, 0.3) is 0 Å². The fraction of sp³-hybridized carbons (Fsp3) is 0.333. The Balaban J connectivity index is 1.52. The van der Waals surface area contributed by atoms with E-state index in [1.807, 2.05) is 66.0 Å². The standard InChI is InChI=1S/C24H30N4O2/c1-18-23(19(2)28(26-18)16-20-8-6-5-7-9-20)14-25-24(29)17-27(3)15-21-10-12-22(30-4)13-11-21/h5-13H,14-17H2,1-4H3,(H,25,29). The molecule has 0 saturated carbocycles. The summed E-state index contributed by atoms with van der Waals surface area (Å²) >= 11 is 0. The quantitative estimate of drug-likeness (QED) is 0.592. The van der Waals surface area contributed by atoms with Gasteiger partial charge in [0.2, 0.25) is 5.91 Å². The lowest BCUT2D eigenvalue weighted by Crippen LogP contribution is -2.34. The monoisotopic (exact) mass is 406 g/mol. The Hall–Kier alpha value is -3.12. The number of nitrogens with one attached hydrogen (secondary N) is 1. The highest BCUT2D eigenvalue weighted by molar-refractivity contribution is 5.78. The van der Waals surface area contributed by atoms with Gasteiger partial charge in [0, 0.05) is 24.3 Å². The van der Waals surface area contributed by atoms with E-state index in [9.17, 15) is 4.79 Å². The zero-order chi connectivity index (χ0) is 21.5. The van der Waals surface area contributed by atoms with E-state index in [-0.39, 0.29) is 5.91 Å². The third kappa shape index (κ3) is 5.70.